The van der Waals surface area contributed by atoms with Gasteiger partial charge in [-0.1, -0.05) is 0 Å². The molecule has 4 atom stereocenters. The van der Waals surface area contributed by atoms with Crippen molar-refractivity contribution in [2.45, 2.75) is 30.9 Å². The van der Waals surface area contributed by atoms with Gasteiger partial charge in [-0.15, -0.1) is 0 Å². The number of benzene rings is 1. The van der Waals surface area contributed by atoms with E-state index in [0.717, 1.165) is 12.1 Å². The SMILES string of the molecule is O=C(C1COC2CN(S(=O)(=O)Cc3cc(F)cc(F)c3)CC21)N1CCCC(F)C1. The van der Waals surface area contributed by atoms with Crippen molar-refractivity contribution in [3.63, 3.8) is 0 Å². The minimum Gasteiger partial charge on any atom is -0.376 e. The van der Waals surface area contributed by atoms with Gasteiger partial charge in [0.2, 0.25) is 15.9 Å². The summed E-state index contributed by atoms with van der Waals surface area (Å²) in [4.78, 5) is 14.4. The van der Waals surface area contributed by atoms with E-state index in [0.29, 0.717) is 25.5 Å². The molecule has 4 unspecified atom stereocenters. The van der Waals surface area contributed by atoms with Crippen molar-refractivity contribution in [2.75, 3.05) is 32.8 Å². The Morgan fingerprint density at radius 1 is 1.14 bits per heavy atom. The van der Waals surface area contributed by atoms with E-state index in [4.69, 9.17) is 4.74 Å². The molecule has 6 nitrogen and oxygen atoms in total. The van der Waals surface area contributed by atoms with Gasteiger partial charge in [0.15, 0.2) is 0 Å². The van der Waals surface area contributed by atoms with Gasteiger partial charge in [-0.25, -0.2) is 21.6 Å². The van der Waals surface area contributed by atoms with Crippen LogP contribution < -0.4 is 0 Å². The van der Waals surface area contributed by atoms with Gasteiger partial charge in [-0.05, 0) is 30.5 Å². The number of halogens is 3. The van der Waals surface area contributed by atoms with E-state index in [2.05, 4.69) is 0 Å². The normalized spacial score (nSPS) is 30.5. The van der Waals surface area contributed by atoms with Gasteiger partial charge in [0, 0.05) is 31.6 Å². The van der Waals surface area contributed by atoms with Crippen LogP contribution in [0.5, 0.6) is 0 Å². The second-order valence-corrected chi connectivity index (χ2v) is 9.99. The number of ether oxygens (including phenoxy) is 1. The van der Waals surface area contributed by atoms with Gasteiger partial charge in [0.1, 0.15) is 17.8 Å². The Labute approximate surface area is 167 Å². The topological polar surface area (TPSA) is 66.9 Å². The van der Waals surface area contributed by atoms with Crippen LogP contribution in [0.25, 0.3) is 0 Å². The molecule has 0 bridgehead atoms. The average Bonchev–Trinajstić information content (AvgIpc) is 3.21. The van der Waals surface area contributed by atoms with Crippen LogP contribution in [0.15, 0.2) is 18.2 Å². The lowest BCUT2D eigenvalue weighted by Crippen LogP contribution is -2.46. The molecule has 160 valence electrons. The standard InChI is InChI=1S/C19H23F3N2O4S/c20-13-2-1-3-23(7-13)19(25)17-10-28-18-9-24(8-16(17)18)29(26,27)11-12-4-14(21)6-15(22)5-12/h4-6,13,16-18H,1-3,7-11H2. The van der Waals surface area contributed by atoms with Crippen molar-refractivity contribution in [3.8, 4) is 0 Å². The first kappa shape index (κ1) is 20.6. The number of carbonyl (C=O) groups is 1. The van der Waals surface area contributed by atoms with Crippen molar-refractivity contribution in [1.82, 2.24) is 9.21 Å². The summed E-state index contributed by atoms with van der Waals surface area (Å²) in [6, 6.07) is 2.66. The summed E-state index contributed by atoms with van der Waals surface area (Å²) in [5, 5.41) is 0. The first-order chi connectivity index (χ1) is 13.7. The molecule has 0 spiro atoms. The molecule has 3 aliphatic rings. The van der Waals surface area contributed by atoms with Crippen LogP contribution in [0.1, 0.15) is 18.4 Å². The average molecular weight is 432 g/mol. The van der Waals surface area contributed by atoms with E-state index in [9.17, 15) is 26.4 Å². The van der Waals surface area contributed by atoms with Crippen molar-refractivity contribution in [3.05, 3.63) is 35.4 Å². The predicted octanol–water partition coefficient (Wildman–Crippen LogP) is 1.70. The lowest BCUT2D eigenvalue weighted by atomic mass is 9.91. The van der Waals surface area contributed by atoms with Crippen LogP contribution in [0.2, 0.25) is 0 Å². The molecule has 0 N–H and O–H groups in total. The van der Waals surface area contributed by atoms with Crippen LogP contribution in [-0.4, -0.2) is 68.6 Å². The Kier molecular flexibility index (Phi) is 5.60. The summed E-state index contributed by atoms with van der Waals surface area (Å²) >= 11 is 0. The molecule has 0 aliphatic carbocycles. The molecule has 1 aromatic carbocycles. The number of hydrogen-bond donors (Lipinski definition) is 0. The van der Waals surface area contributed by atoms with Gasteiger partial charge < -0.3 is 9.64 Å². The minimum atomic E-state index is -3.84. The molecule has 4 rings (SSSR count). The zero-order chi connectivity index (χ0) is 20.8. The van der Waals surface area contributed by atoms with Gasteiger partial charge in [-0.3, -0.25) is 4.79 Å². The maximum Gasteiger partial charge on any atom is 0.228 e. The number of sulfonamides is 1. The number of nitrogens with zero attached hydrogens (tertiary/aromatic N) is 2. The number of amides is 1. The van der Waals surface area contributed by atoms with Crippen LogP contribution in [0, 0.1) is 23.5 Å². The monoisotopic (exact) mass is 432 g/mol. The van der Waals surface area contributed by atoms with Crippen LogP contribution in [0.4, 0.5) is 13.2 Å². The number of rotatable bonds is 4. The molecule has 3 heterocycles. The molecule has 10 heteroatoms. The summed E-state index contributed by atoms with van der Waals surface area (Å²) in [7, 11) is -3.84. The van der Waals surface area contributed by atoms with Gasteiger partial charge in [0.25, 0.3) is 0 Å². The molecule has 0 saturated carbocycles. The molecule has 1 amide bonds. The maximum atomic E-state index is 13.7. The van der Waals surface area contributed by atoms with Gasteiger partial charge >= 0.3 is 0 Å². The summed E-state index contributed by atoms with van der Waals surface area (Å²) in [6.07, 6.45) is -0.380. The number of fused-ring (bicyclic) bond motifs is 1. The highest BCUT2D eigenvalue weighted by atomic mass is 32.2. The van der Waals surface area contributed by atoms with Crippen molar-refractivity contribution in [2.24, 2.45) is 11.8 Å². The molecule has 29 heavy (non-hydrogen) atoms. The predicted molar refractivity (Wildman–Crippen MR) is 98.0 cm³/mol. The number of alkyl halides is 1. The van der Waals surface area contributed by atoms with Crippen LogP contribution >= 0.6 is 0 Å². The number of carbonyl (C=O) groups excluding carboxylic acids is 1. The highest BCUT2D eigenvalue weighted by Crippen LogP contribution is 2.37. The highest BCUT2D eigenvalue weighted by molar-refractivity contribution is 7.88. The molecule has 3 saturated heterocycles. The third-order valence-electron chi connectivity index (χ3n) is 5.94. The molecule has 3 fully saturated rings. The summed E-state index contributed by atoms with van der Waals surface area (Å²) in [6.45, 7) is 0.971. The molecule has 3 aliphatic heterocycles. The second-order valence-electron chi connectivity index (χ2n) is 8.02. The Balaban J connectivity index is 1.44. The summed E-state index contributed by atoms with van der Waals surface area (Å²) < 4.78 is 72.8. The number of hydrogen-bond acceptors (Lipinski definition) is 4. The third-order valence-corrected chi connectivity index (χ3v) is 7.72. The highest BCUT2D eigenvalue weighted by Gasteiger charge is 2.50. The smallest absolute Gasteiger partial charge is 0.228 e. The fourth-order valence-electron chi connectivity index (χ4n) is 4.51. The Morgan fingerprint density at radius 2 is 1.86 bits per heavy atom. The molecular weight excluding hydrogens is 409 g/mol. The fourth-order valence-corrected chi connectivity index (χ4v) is 6.06. The Morgan fingerprint density at radius 3 is 2.55 bits per heavy atom. The zero-order valence-corrected chi connectivity index (χ0v) is 16.6. The lowest BCUT2D eigenvalue weighted by Gasteiger charge is -2.32. The van der Waals surface area contributed by atoms with E-state index < -0.39 is 45.6 Å². The fraction of sp³-hybridized carbons (Fsp3) is 0.632. The van der Waals surface area contributed by atoms with Crippen LogP contribution in [0.3, 0.4) is 0 Å². The minimum absolute atomic E-state index is 0.0235. The van der Waals surface area contributed by atoms with E-state index in [1.165, 1.54) is 9.21 Å². The quantitative estimate of drug-likeness (QED) is 0.727. The van der Waals surface area contributed by atoms with Crippen molar-refractivity contribution < 1.29 is 31.1 Å². The first-order valence-corrected chi connectivity index (χ1v) is 11.3. The molecule has 0 radical (unpaired) electrons. The molecular formula is C19H23F3N2O4S. The van der Waals surface area contributed by atoms with E-state index in [1.807, 2.05) is 0 Å². The van der Waals surface area contributed by atoms with E-state index in [1.54, 1.807) is 0 Å². The molecule has 1 aromatic rings. The van der Waals surface area contributed by atoms with Crippen LogP contribution in [-0.2, 0) is 25.3 Å². The van der Waals surface area contributed by atoms with Gasteiger partial charge in [-0.2, -0.15) is 4.31 Å². The summed E-state index contributed by atoms with van der Waals surface area (Å²) in [5.74, 6) is -3.20. The number of piperidine rings is 1. The second kappa shape index (κ2) is 7.88. The van der Waals surface area contributed by atoms with E-state index >= 15 is 0 Å². The van der Waals surface area contributed by atoms with Crippen molar-refractivity contribution >= 4 is 15.9 Å². The molecule has 0 aromatic heterocycles. The zero-order valence-electron chi connectivity index (χ0n) is 15.8. The Bertz CT molecular complexity index is 877. The Hall–Kier alpha value is -1.65. The van der Waals surface area contributed by atoms with E-state index in [-0.39, 0.29) is 43.6 Å². The lowest BCUT2D eigenvalue weighted by molar-refractivity contribution is -0.138. The van der Waals surface area contributed by atoms with Crippen molar-refractivity contribution in [1.29, 1.82) is 0 Å². The number of likely N-dealkylation sites (tertiary alicyclic amines) is 1. The third kappa shape index (κ3) is 4.29. The maximum absolute atomic E-state index is 13.7. The largest absolute Gasteiger partial charge is 0.376 e. The van der Waals surface area contributed by atoms with Gasteiger partial charge in [0.05, 0.1) is 30.9 Å². The first-order valence-electron chi connectivity index (χ1n) is 9.70. The summed E-state index contributed by atoms with van der Waals surface area (Å²) in [5.41, 5.74) is 0.0235.